The van der Waals surface area contributed by atoms with E-state index in [1.165, 1.54) is 12.1 Å². The highest BCUT2D eigenvalue weighted by Gasteiger charge is 2.29. The van der Waals surface area contributed by atoms with Gasteiger partial charge in [0.2, 0.25) is 21.9 Å². The number of nitrogens with two attached hydrogens (primary N) is 1. The Morgan fingerprint density at radius 2 is 1.73 bits per heavy atom. The third-order valence-electron chi connectivity index (χ3n) is 4.40. The number of halogens is 1. The van der Waals surface area contributed by atoms with E-state index >= 15 is 0 Å². The lowest BCUT2D eigenvalue weighted by atomic mass is 10.1. The molecule has 0 saturated heterocycles. The summed E-state index contributed by atoms with van der Waals surface area (Å²) in [6.45, 7) is 3.08. The van der Waals surface area contributed by atoms with Gasteiger partial charge in [-0.15, -0.1) is 0 Å². The minimum absolute atomic E-state index is 0.0478. The molecular formula is C21H23ClN6O4S. The molecule has 4 N–H and O–H groups in total. The maximum absolute atomic E-state index is 12.7. The number of rotatable bonds is 9. The first kappa shape index (κ1) is 24.4. The number of benzene rings is 2. The van der Waals surface area contributed by atoms with Gasteiger partial charge in [0.15, 0.2) is 12.4 Å². The molecule has 0 aliphatic rings. The summed E-state index contributed by atoms with van der Waals surface area (Å²) in [6, 6.07) is 13.5. The van der Waals surface area contributed by atoms with E-state index in [-0.39, 0.29) is 35.1 Å². The standard InChI is InChI=1S/C21H23ClN6O4S/c1-13(2)18(28-33(30,31)16-6-4-3-5-7-16)19(29)32-12-17-25-20(23)27-21(26-17)24-15-10-8-14(22)9-11-15/h3-11,13,18,28H,12H2,1-2H3,(H3,23,24,25,26,27)/t18-/m0/s1. The van der Waals surface area contributed by atoms with Gasteiger partial charge in [0.05, 0.1) is 4.90 Å². The Morgan fingerprint density at radius 3 is 2.36 bits per heavy atom. The maximum Gasteiger partial charge on any atom is 0.324 e. The number of hydrogen-bond acceptors (Lipinski definition) is 9. The van der Waals surface area contributed by atoms with Crippen LogP contribution < -0.4 is 15.8 Å². The third kappa shape index (κ3) is 6.85. The molecule has 1 atom stereocenters. The van der Waals surface area contributed by atoms with Crippen molar-refractivity contribution >= 4 is 45.2 Å². The number of esters is 1. The Hall–Kier alpha value is -3.28. The molecule has 3 aromatic rings. The number of carbonyl (C=O) groups is 1. The summed E-state index contributed by atoms with van der Waals surface area (Å²) < 4.78 is 32.9. The van der Waals surface area contributed by atoms with Gasteiger partial charge in [-0.1, -0.05) is 43.6 Å². The van der Waals surface area contributed by atoms with Crippen LogP contribution in [-0.4, -0.2) is 35.4 Å². The second-order valence-corrected chi connectivity index (χ2v) is 9.48. The van der Waals surface area contributed by atoms with Crippen LogP contribution in [0.15, 0.2) is 59.5 Å². The summed E-state index contributed by atoms with van der Waals surface area (Å²) in [5.41, 5.74) is 6.41. The van der Waals surface area contributed by atoms with Gasteiger partial charge in [0.1, 0.15) is 6.04 Å². The molecular weight excluding hydrogens is 468 g/mol. The van der Waals surface area contributed by atoms with Crippen molar-refractivity contribution in [2.24, 2.45) is 5.92 Å². The highest BCUT2D eigenvalue weighted by Crippen LogP contribution is 2.17. The average Bonchev–Trinajstić information content (AvgIpc) is 2.77. The molecule has 0 aliphatic carbocycles. The highest BCUT2D eigenvalue weighted by atomic mass is 35.5. The van der Waals surface area contributed by atoms with Gasteiger partial charge in [0, 0.05) is 10.7 Å². The summed E-state index contributed by atoms with van der Waals surface area (Å²) in [7, 11) is -3.92. The fourth-order valence-electron chi connectivity index (χ4n) is 2.74. The van der Waals surface area contributed by atoms with Gasteiger partial charge in [0.25, 0.3) is 0 Å². The lowest BCUT2D eigenvalue weighted by Crippen LogP contribution is -2.45. The Balaban J connectivity index is 1.69. The minimum atomic E-state index is -3.92. The van der Waals surface area contributed by atoms with Gasteiger partial charge >= 0.3 is 5.97 Å². The first-order valence-electron chi connectivity index (χ1n) is 9.91. The Kier molecular flexibility index (Phi) is 7.79. The first-order chi connectivity index (χ1) is 15.6. The fourth-order valence-corrected chi connectivity index (χ4v) is 4.22. The minimum Gasteiger partial charge on any atom is -0.456 e. The van der Waals surface area contributed by atoms with Gasteiger partial charge in [-0.25, -0.2) is 8.42 Å². The maximum atomic E-state index is 12.7. The lowest BCUT2D eigenvalue weighted by Gasteiger charge is -2.20. The normalized spacial score (nSPS) is 12.4. The van der Waals surface area contributed by atoms with Crippen molar-refractivity contribution < 1.29 is 17.9 Å². The van der Waals surface area contributed by atoms with Crippen molar-refractivity contribution in [3.8, 4) is 0 Å². The van der Waals surface area contributed by atoms with Crippen molar-refractivity contribution in [1.29, 1.82) is 0 Å². The zero-order chi connectivity index (χ0) is 24.0. The number of aromatic nitrogens is 3. The number of nitrogen functional groups attached to an aromatic ring is 1. The monoisotopic (exact) mass is 490 g/mol. The SMILES string of the molecule is CC(C)[C@H](NS(=O)(=O)c1ccccc1)C(=O)OCc1nc(N)nc(Nc2ccc(Cl)cc2)n1. The Labute approximate surface area is 196 Å². The summed E-state index contributed by atoms with van der Waals surface area (Å²) in [4.78, 5) is 24.9. The summed E-state index contributed by atoms with van der Waals surface area (Å²) >= 11 is 5.88. The number of ether oxygens (including phenoxy) is 1. The molecule has 33 heavy (non-hydrogen) atoms. The number of hydrogen-bond donors (Lipinski definition) is 3. The molecule has 0 spiro atoms. The highest BCUT2D eigenvalue weighted by molar-refractivity contribution is 7.89. The molecule has 1 aromatic heterocycles. The van der Waals surface area contributed by atoms with Gasteiger partial charge < -0.3 is 15.8 Å². The van der Waals surface area contributed by atoms with Crippen LogP contribution in [0.4, 0.5) is 17.6 Å². The average molecular weight is 491 g/mol. The van der Waals surface area contributed by atoms with E-state index in [9.17, 15) is 13.2 Å². The van der Waals surface area contributed by atoms with Crippen LogP contribution >= 0.6 is 11.6 Å². The fraction of sp³-hybridized carbons (Fsp3) is 0.238. The predicted octanol–water partition coefficient (Wildman–Crippen LogP) is 2.90. The first-order valence-corrected chi connectivity index (χ1v) is 11.8. The van der Waals surface area contributed by atoms with Crippen LogP contribution in [0.5, 0.6) is 0 Å². The molecule has 0 bridgehead atoms. The molecule has 0 aliphatic heterocycles. The topological polar surface area (TPSA) is 149 Å². The quantitative estimate of drug-likeness (QED) is 0.384. The zero-order valence-corrected chi connectivity index (χ0v) is 19.5. The summed E-state index contributed by atoms with van der Waals surface area (Å²) in [6.07, 6.45) is 0. The van der Waals surface area contributed by atoms with Crippen LogP contribution in [-0.2, 0) is 26.2 Å². The van der Waals surface area contributed by atoms with Gasteiger partial charge in [-0.3, -0.25) is 4.79 Å². The van der Waals surface area contributed by atoms with E-state index in [1.807, 2.05) is 0 Å². The van der Waals surface area contributed by atoms with Crippen LogP contribution in [0.3, 0.4) is 0 Å². The van der Waals surface area contributed by atoms with Crippen molar-refractivity contribution in [3.05, 3.63) is 65.4 Å². The molecule has 0 radical (unpaired) electrons. The second-order valence-electron chi connectivity index (χ2n) is 7.33. The van der Waals surface area contributed by atoms with Crippen molar-refractivity contribution in [3.63, 3.8) is 0 Å². The number of carbonyl (C=O) groups excluding carboxylic acids is 1. The second kappa shape index (κ2) is 10.6. The number of nitrogens with one attached hydrogen (secondary N) is 2. The summed E-state index contributed by atoms with van der Waals surface area (Å²) in [5.74, 6) is -0.961. The molecule has 2 aromatic carbocycles. The predicted molar refractivity (Wildman–Crippen MR) is 124 cm³/mol. The van der Waals surface area contributed by atoms with E-state index in [0.717, 1.165) is 0 Å². The molecule has 3 rings (SSSR count). The van der Waals surface area contributed by atoms with Crippen molar-refractivity contribution in [2.45, 2.75) is 31.4 Å². The molecule has 0 saturated carbocycles. The van der Waals surface area contributed by atoms with Crippen LogP contribution in [0.1, 0.15) is 19.7 Å². The molecule has 0 fully saturated rings. The largest absolute Gasteiger partial charge is 0.456 e. The Bertz CT molecular complexity index is 1210. The lowest BCUT2D eigenvalue weighted by molar-refractivity contribution is -0.148. The Morgan fingerprint density at radius 1 is 1.06 bits per heavy atom. The molecule has 174 valence electrons. The van der Waals surface area contributed by atoms with Gasteiger partial charge in [-0.2, -0.15) is 19.7 Å². The third-order valence-corrected chi connectivity index (χ3v) is 6.11. The number of anilines is 3. The zero-order valence-electron chi connectivity index (χ0n) is 17.9. The molecule has 0 amide bonds. The van der Waals surface area contributed by atoms with Crippen molar-refractivity contribution in [1.82, 2.24) is 19.7 Å². The number of sulfonamides is 1. The van der Waals surface area contributed by atoms with Crippen molar-refractivity contribution in [2.75, 3.05) is 11.1 Å². The number of nitrogens with zero attached hydrogens (tertiary/aromatic N) is 3. The summed E-state index contributed by atoms with van der Waals surface area (Å²) in [5, 5.41) is 3.53. The molecule has 12 heteroatoms. The van der Waals surface area contributed by atoms with Crippen LogP contribution in [0.2, 0.25) is 5.02 Å². The van der Waals surface area contributed by atoms with Crippen LogP contribution in [0, 0.1) is 5.92 Å². The van der Waals surface area contributed by atoms with Crippen LogP contribution in [0.25, 0.3) is 0 Å². The van der Waals surface area contributed by atoms with E-state index in [4.69, 9.17) is 22.1 Å². The molecule has 0 unspecified atom stereocenters. The van der Waals surface area contributed by atoms with E-state index < -0.39 is 22.0 Å². The van der Waals surface area contributed by atoms with E-state index in [0.29, 0.717) is 10.7 Å². The van der Waals surface area contributed by atoms with E-state index in [2.05, 4.69) is 25.0 Å². The molecule has 1 heterocycles. The van der Waals surface area contributed by atoms with E-state index in [1.54, 1.807) is 56.3 Å². The smallest absolute Gasteiger partial charge is 0.324 e. The molecule has 10 nitrogen and oxygen atoms in total. The van der Waals surface area contributed by atoms with Gasteiger partial charge in [-0.05, 0) is 42.3 Å².